The number of halogens is 1. The maximum absolute atomic E-state index is 2.66. The third kappa shape index (κ3) is 2.33. The zero-order valence-electron chi connectivity index (χ0n) is 8.24. The third-order valence-electron chi connectivity index (χ3n) is 2.86. The number of rotatable bonds is 3. The number of nitrogens with zero attached hydrogens (tertiary/aromatic N) is 2. The average molecular weight is 312 g/mol. The van der Waals surface area contributed by atoms with Crippen molar-refractivity contribution in [2.45, 2.75) is 37.6 Å². The van der Waals surface area contributed by atoms with Crippen molar-refractivity contribution in [3.8, 4) is 0 Å². The molecule has 4 heteroatoms. The van der Waals surface area contributed by atoms with Gasteiger partial charge >= 0.3 is 0 Å². The Bertz CT molecular complexity index is 186. The number of hydrogen-bond acceptors (Lipinski definition) is 3. The van der Waals surface area contributed by atoms with Gasteiger partial charge in [-0.15, -0.1) is 11.8 Å². The number of thioether (sulfide) groups is 1. The molecule has 0 radical (unpaired) electrons. The van der Waals surface area contributed by atoms with Crippen LogP contribution in [0.2, 0.25) is 0 Å². The maximum atomic E-state index is 2.66. The highest BCUT2D eigenvalue weighted by atomic mass is 127. The Morgan fingerprint density at radius 1 is 1.38 bits per heavy atom. The lowest BCUT2D eigenvalue weighted by atomic mass is 10.2. The van der Waals surface area contributed by atoms with Crippen molar-refractivity contribution in [1.29, 1.82) is 0 Å². The standard InChI is InChI=1S/C9H17IN2S/c1-7(2)13-6-11-4-9-3-8(11)5-12(9)10/h7-9H,3-6H2,1-2H3. The van der Waals surface area contributed by atoms with E-state index in [9.17, 15) is 0 Å². The van der Waals surface area contributed by atoms with Gasteiger partial charge in [0.1, 0.15) is 0 Å². The van der Waals surface area contributed by atoms with Gasteiger partial charge in [0.05, 0.1) is 0 Å². The van der Waals surface area contributed by atoms with Gasteiger partial charge in [-0.3, -0.25) is 4.90 Å². The molecule has 76 valence electrons. The normalized spacial score (nSPS) is 35.1. The molecule has 0 saturated carbocycles. The minimum Gasteiger partial charge on any atom is -0.288 e. The predicted molar refractivity (Wildman–Crippen MR) is 67.2 cm³/mol. The molecule has 2 nitrogen and oxygen atoms in total. The van der Waals surface area contributed by atoms with Crippen molar-refractivity contribution in [3.63, 3.8) is 0 Å². The summed E-state index contributed by atoms with van der Waals surface area (Å²) in [5.41, 5.74) is 0. The topological polar surface area (TPSA) is 6.48 Å². The second kappa shape index (κ2) is 4.24. The van der Waals surface area contributed by atoms with Gasteiger partial charge in [0.15, 0.2) is 0 Å². The lowest BCUT2D eigenvalue weighted by Crippen LogP contribution is -2.42. The van der Waals surface area contributed by atoms with E-state index in [1.165, 1.54) is 25.4 Å². The smallest absolute Gasteiger partial charge is 0.0451 e. The summed E-state index contributed by atoms with van der Waals surface area (Å²) in [7, 11) is 0. The highest BCUT2D eigenvalue weighted by Crippen LogP contribution is 2.34. The molecule has 2 rings (SSSR count). The summed E-state index contributed by atoms with van der Waals surface area (Å²) in [6.45, 7) is 7.14. The molecule has 0 N–H and O–H groups in total. The van der Waals surface area contributed by atoms with Crippen molar-refractivity contribution in [2.24, 2.45) is 0 Å². The lowest BCUT2D eigenvalue weighted by molar-refractivity contribution is 0.228. The molecule has 0 amide bonds. The molecular weight excluding hydrogens is 295 g/mol. The molecule has 0 aliphatic carbocycles. The summed E-state index contributed by atoms with van der Waals surface area (Å²) in [6.07, 6.45) is 1.40. The van der Waals surface area contributed by atoms with Gasteiger partial charge in [-0.2, -0.15) is 0 Å². The predicted octanol–water partition coefficient (Wildman–Crippen LogP) is 2.19. The maximum Gasteiger partial charge on any atom is 0.0451 e. The summed E-state index contributed by atoms with van der Waals surface area (Å²) in [5, 5.41) is 0.773. The second-order valence-corrected chi connectivity index (χ2v) is 7.02. The Morgan fingerprint density at radius 2 is 2.15 bits per heavy atom. The SMILES string of the molecule is CC(C)SCN1CC2CC1CN2I. The van der Waals surface area contributed by atoms with Gasteiger partial charge in [0.25, 0.3) is 0 Å². The molecule has 2 aliphatic rings. The van der Waals surface area contributed by atoms with E-state index >= 15 is 0 Å². The molecule has 0 aromatic carbocycles. The minimum absolute atomic E-state index is 0.773. The number of fused-ring (bicyclic) bond motifs is 2. The van der Waals surface area contributed by atoms with Crippen LogP contribution in [-0.4, -0.2) is 44.3 Å². The molecule has 2 fully saturated rings. The second-order valence-electron chi connectivity index (χ2n) is 4.24. The van der Waals surface area contributed by atoms with E-state index < -0.39 is 0 Å². The van der Waals surface area contributed by atoms with E-state index in [0.717, 1.165) is 17.3 Å². The molecule has 2 bridgehead atoms. The van der Waals surface area contributed by atoms with E-state index in [0.29, 0.717) is 0 Å². The lowest BCUT2D eigenvalue weighted by Gasteiger charge is -2.30. The average Bonchev–Trinajstić information content (AvgIpc) is 2.58. The van der Waals surface area contributed by atoms with Crippen LogP contribution in [0.4, 0.5) is 0 Å². The van der Waals surface area contributed by atoms with E-state index in [1.54, 1.807) is 0 Å². The first-order chi connectivity index (χ1) is 6.16. The van der Waals surface area contributed by atoms with E-state index in [2.05, 4.69) is 56.5 Å². The Hall–Kier alpha value is 1.00. The highest BCUT2D eigenvalue weighted by Gasteiger charge is 2.41. The summed E-state index contributed by atoms with van der Waals surface area (Å²) in [5.74, 6) is 1.24. The fraction of sp³-hybridized carbons (Fsp3) is 1.00. The van der Waals surface area contributed by atoms with Crippen molar-refractivity contribution in [2.75, 3.05) is 19.0 Å². The van der Waals surface area contributed by atoms with Crippen LogP contribution in [0.5, 0.6) is 0 Å². The molecule has 2 aliphatic heterocycles. The molecular formula is C9H17IN2S. The fourth-order valence-corrected chi connectivity index (χ4v) is 3.77. The van der Waals surface area contributed by atoms with Gasteiger partial charge in [-0.1, -0.05) is 13.8 Å². The van der Waals surface area contributed by atoms with Crippen LogP contribution < -0.4 is 0 Å². The largest absolute Gasteiger partial charge is 0.288 e. The van der Waals surface area contributed by atoms with Crippen LogP contribution in [0.3, 0.4) is 0 Å². The summed E-state index contributed by atoms with van der Waals surface area (Å²) >= 11 is 4.55. The molecule has 2 atom stereocenters. The third-order valence-corrected chi connectivity index (χ3v) is 5.19. The van der Waals surface area contributed by atoms with Crippen LogP contribution in [0.15, 0.2) is 0 Å². The van der Waals surface area contributed by atoms with Crippen molar-refractivity contribution in [1.82, 2.24) is 8.01 Å². The molecule has 0 spiro atoms. The monoisotopic (exact) mass is 312 g/mol. The zero-order chi connectivity index (χ0) is 9.42. The quantitative estimate of drug-likeness (QED) is 0.583. The van der Waals surface area contributed by atoms with Gasteiger partial charge < -0.3 is 0 Å². The summed E-state index contributed by atoms with van der Waals surface area (Å²) in [6, 6.07) is 1.70. The first kappa shape index (κ1) is 10.5. The molecule has 2 saturated heterocycles. The zero-order valence-corrected chi connectivity index (χ0v) is 11.2. The van der Waals surface area contributed by atoms with E-state index in [-0.39, 0.29) is 0 Å². The fourth-order valence-electron chi connectivity index (χ4n) is 2.10. The highest BCUT2D eigenvalue weighted by molar-refractivity contribution is 14.1. The van der Waals surface area contributed by atoms with Gasteiger partial charge in [0, 0.05) is 59.2 Å². The molecule has 0 aromatic rings. The van der Waals surface area contributed by atoms with Gasteiger partial charge in [0.2, 0.25) is 0 Å². The Kier molecular flexibility index (Phi) is 3.43. The molecule has 2 heterocycles. The van der Waals surface area contributed by atoms with Crippen LogP contribution in [0.25, 0.3) is 0 Å². The molecule has 0 aromatic heterocycles. The first-order valence-corrected chi connectivity index (χ1v) is 6.96. The van der Waals surface area contributed by atoms with Crippen LogP contribution in [-0.2, 0) is 0 Å². The summed E-state index contributed by atoms with van der Waals surface area (Å²) in [4.78, 5) is 2.66. The molecule has 2 unspecified atom stereocenters. The van der Waals surface area contributed by atoms with Crippen LogP contribution in [0, 0.1) is 0 Å². The Labute approximate surface area is 98.9 Å². The number of hydrogen-bond donors (Lipinski definition) is 0. The number of piperazine rings is 1. The Morgan fingerprint density at radius 3 is 2.62 bits per heavy atom. The van der Waals surface area contributed by atoms with Gasteiger partial charge in [-0.05, 0) is 6.42 Å². The van der Waals surface area contributed by atoms with Gasteiger partial charge in [-0.25, -0.2) is 3.11 Å². The summed E-state index contributed by atoms with van der Waals surface area (Å²) < 4.78 is 2.49. The Balaban J connectivity index is 1.79. The molecule has 13 heavy (non-hydrogen) atoms. The van der Waals surface area contributed by atoms with Crippen molar-refractivity contribution >= 4 is 34.6 Å². The van der Waals surface area contributed by atoms with E-state index in [4.69, 9.17) is 0 Å². The van der Waals surface area contributed by atoms with Crippen LogP contribution in [0.1, 0.15) is 20.3 Å². The first-order valence-electron chi connectivity index (χ1n) is 4.95. The minimum atomic E-state index is 0.773. The van der Waals surface area contributed by atoms with Crippen molar-refractivity contribution in [3.05, 3.63) is 0 Å². The van der Waals surface area contributed by atoms with Crippen molar-refractivity contribution < 1.29 is 0 Å². The number of likely N-dealkylation sites (tertiary alicyclic amines) is 1. The van der Waals surface area contributed by atoms with Crippen LogP contribution >= 0.6 is 34.6 Å². The van der Waals surface area contributed by atoms with E-state index in [1.807, 2.05) is 0 Å².